The highest BCUT2D eigenvalue weighted by Gasteiger charge is 2.29. The van der Waals surface area contributed by atoms with E-state index in [1.807, 2.05) is 13.0 Å². The predicted octanol–water partition coefficient (Wildman–Crippen LogP) is 2.33. The molecule has 1 atom stereocenters. The van der Waals surface area contributed by atoms with Gasteiger partial charge in [-0.3, -0.25) is 0 Å². The van der Waals surface area contributed by atoms with Gasteiger partial charge in [0.15, 0.2) is 0 Å². The Labute approximate surface area is 113 Å². The van der Waals surface area contributed by atoms with E-state index in [9.17, 15) is 9.50 Å². The summed E-state index contributed by atoms with van der Waals surface area (Å²) in [5, 5.41) is 13.6. The van der Waals surface area contributed by atoms with E-state index >= 15 is 0 Å². The van der Waals surface area contributed by atoms with Crippen molar-refractivity contribution in [3.63, 3.8) is 0 Å². The summed E-state index contributed by atoms with van der Waals surface area (Å²) in [7, 11) is 0. The van der Waals surface area contributed by atoms with Crippen molar-refractivity contribution in [3.05, 3.63) is 35.1 Å². The molecule has 2 N–H and O–H groups in total. The van der Waals surface area contributed by atoms with Crippen LogP contribution in [0.25, 0.3) is 0 Å². The molecule has 1 fully saturated rings. The minimum absolute atomic E-state index is 0.0157. The fraction of sp³-hybridized carbons (Fsp3) is 0.600. The SMILES string of the molecule is Cc1ccc(C(C)NCC2(O)CCOCC2)cc1F. The number of hydrogen-bond acceptors (Lipinski definition) is 3. The maximum atomic E-state index is 13.5. The maximum Gasteiger partial charge on any atom is 0.126 e. The average molecular weight is 267 g/mol. The van der Waals surface area contributed by atoms with E-state index in [0.29, 0.717) is 38.2 Å². The first-order valence-electron chi connectivity index (χ1n) is 6.80. The Hall–Kier alpha value is -0.970. The fourth-order valence-electron chi connectivity index (χ4n) is 2.27. The minimum Gasteiger partial charge on any atom is -0.388 e. The molecule has 1 aromatic rings. The number of halogens is 1. The summed E-state index contributed by atoms with van der Waals surface area (Å²) in [6, 6.07) is 5.28. The number of aliphatic hydroxyl groups is 1. The second kappa shape index (κ2) is 5.99. The highest BCUT2D eigenvalue weighted by atomic mass is 19.1. The molecule has 0 saturated carbocycles. The van der Waals surface area contributed by atoms with Crippen molar-refractivity contribution < 1.29 is 14.2 Å². The predicted molar refractivity (Wildman–Crippen MR) is 72.6 cm³/mol. The summed E-state index contributed by atoms with van der Waals surface area (Å²) in [5.74, 6) is -0.184. The topological polar surface area (TPSA) is 41.5 Å². The first-order chi connectivity index (χ1) is 9.00. The zero-order chi connectivity index (χ0) is 13.9. The largest absolute Gasteiger partial charge is 0.388 e. The molecule has 0 radical (unpaired) electrons. The van der Waals surface area contributed by atoms with E-state index in [2.05, 4.69) is 5.32 Å². The molecule has 1 aromatic carbocycles. The standard InChI is InChI=1S/C15H22FNO2/c1-11-3-4-13(9-14(11)16)12(2)17-10-15(18)5-7-19-8-6-15/h3-4,9,12,17-18H,5-8,10H2,1-2H3. The second-order valence-electron chi connectivity index (χ2n) is 5.45. The van der Waals surface area contributed by atoms with Crippen LogP contribution in [0.1, 0.15) is 36.9 Å². The van der Waals surface area contributed by atoms with Gasteiger partial charge in [0.05, 0.1) is 5.60 Å². The molecule has 4 heteroatoms. The first-order valence-corrected chi connectivity index (χ1v) is 6.80. The van der Waals surface area contributed by atoms with Gasteiger partial charge in [-0.1, -0.05) is 12.1 Å². The lowest BCUT2D eigenvalue weighted by atomic mass is 9.94. The Morgan fingerprint density at radius 2 is 2.11 bits per heavy atom. The molecule has 1 aliphatic heterocycles. The number of rotatable bonds is 4. The van der Waals surface area contributed by atoms with Crippen LogP contribution in [0, 0.1) is 12.7 Å². The molecule has 0 bridgehead atoms. The first kappa shape index (κ1) is 14.4. The van der Waals surface area contributed by atoms with Crippen molar-refractivity contribution in [2.75, 3.05) is 19.8 Å². The molecule has 19 heavy (non-hydrogen) atoms. The quantitative estimate of drug-likeness (QED) is 0.879. The average Bonchev–Trinajstić information content (AvgIpc) is 2.40. The molecule has 1 heterocycles. The fourth-order valence-corrected chi connectivity index (χ4v) is 2.27. The van der Waals surface area contributed by atoms with Gasteiger partial charge < -0.3 is 15.2 Å². The van der Waals surface area contributed by atoms with Crippen LogP contribution < -0.4 is 5.32 Å². The lowest BCUT2D eigenvalue weighted by Crippen LogP contribution is -2.45. The molecule has 0 aromatic heterocycles. The molecule has 1 saturated heterocycles. The van der Waals surface area contributed by atoms with Crippen LogP contribution >= 0.6 is 0 Å². The zero-order valence-corrected chi connectivity index (χ0v) is 11.6. The summed E-state index contributed by atoms with van der Waals surface area (Å²) in [5.41, 5.74) is 0.855. The molecular weight excluding hydrogens is 245 g/mol. The van der Waals surface area contributed by atoms with Gasteiger partial charge in [-0.05, 0) is 31.0 Å². The van der Waals surface area contributed by atoms with Crippen LogP contribution in [0.2, 0.25) is 0 Å². The molecule has 0 amide bonds. The highest BCUT2D eigenvalue weighted by Crippen LogP contribution is 2.22. The smallest absolute Gasteiger partial charge is 0.126 e. The van der Waals surface area contributed by atoms with Gasteiger partial charge in [0, 0.05) is 38.6 Å². The van der Waals surface area contributed by atoms with E-state index in [-0.39, 0.29) is 11.9 Å². The van der Waals surface area contributed by atoms with E-state index in [1.54, 1.807) is 19.1 Å². The van der Waals surface area contributed by atoms with E-state index < -0.39 is 5.60 Å². The van der Waals surface area contributed by atoms with Crippen molar-refractivity contribution in [1.82, 2.24) is 5.32 Å². The zero-order valence-electron chi connectivity index (χ0n) is 11.6. The second-order valence-corrected chi connectivity index (χ2v) is 5.45. The van der Waals surface area contributed by atoms with Crippen molar-refractivity contribution >= 4 is 0 Å². The summed E-state index contributed by atoms with van der Waals surface area (Å²) in [6.07, 6.45) is 1.30. The Balaban J connectivity index is 1.93. The Morgan fingerprint density at radius 1 is 1.42 bits per heavy atom. The third-order valence-corrected chi connectivity index (χ3v) is 3.86. The van der Waals surface area contributed by atoms with Crippen LogP contribution in [0.15, 0.2) is 18.2 Å². The summed E-state index contributed by atoms with van der Waals surface area (Å²) < 4.78 is 18.8. The van der Waals surface area contributed by atoms with Crippen molar-refractivity contribution in [2.45, 2.75) is 38.3 Å². The maximum absolute atomic E-state index is 13.5. The van der Waals surface area contributed by atoms with Crippen molar-refractivity contribution in [3.8, 4) is 0 Å². The van der Waals surface area contributed by atoms with Gasteiger partial charge in [-0.25, -0.2) is 4.39 Å². The van der Waals surface area contributed by atoms with E-state index in [0.717, 1.165) is 5.56 Å². The van der Waals surface area contributed by atoms with Crippen molar-refractivity contribution in [2.24, 2.45) is 0 Å². The lowest BCUT2D eigenvalue weighted by Gasteiger charge is -2.33. The van der Waals surface area contributed by atoms with Crippen LogP contribution in [-0.4, -0.2) is 30.5 Å². The highest BCUT2D eigenvalue weighted by molar-refractivity contribution is 5.25. The number of benzene rings is 1. The number of ether oxygens (including phenoxy) is 1. The molecule has 1 aliphatic rings. The molecule has 106 valence electrons. The lowest BCUT2D eigenvalue weighted by molar-refractivity contribution is -0.0626. The Kier molecular flexibility index (Phi) is 4.55. The third kappa shape index (κ3) is 3.75. The van der Waals surface area contributed by atoms with E-state index in [1.165, 1.54) is 0 Å². The van der Waals surface area contributed by atoms with E-state index in [4.69, 9.17) is 4.74 Å². The van der Waals surface area contributed by atoms with Gasteiger partial charge in [0.2, 0.25) is 0 Å². The van der Waals surface area contributed by atoms with Gasteiger partial charge in [0.25, 0.3) is 0 Å². The van der Waals surface area contributed by atoms with Crippen LogP contribution in [0.4, 0.5) is 4.39 Å². The summed E-state index contributed by atoms with van der Waals surface area (Å²) >= 11 is 0. The van der Waals surface area contributed by atoms with Gasteiger partial charge in [0.1, 0.15) is 5.82 Å². The Bertz CT molecular complexity index is 430. The molecule has 2 rings (SSSR count). The monoisotopic (exact) mass is 267 g/mol. The van der Waals surface area contributed by atoms with Crippen LogP contribution in [-0.2, 0) is 4.74 Å². The van der Waals surface area contributed by atoms with Crippen LogP contribution in [0.5, 0.6) is 0 Å². The van der Waals surface area contributed by atoms with Crippen LogP contribution in [0.3, 0.4) is 0 Å². The molecular formula is C15H22FNO2. The van der Waals surface area contributed by atoms with Gasteiger partial charge in [-0.15, -0.1) is 0 Å². The summed E-state index contributed by atoms with van der Waals surface area (Å²) in [6.45, 7) is 5.44. The molecule has 0 aliphatic carbocycles. The minimum atomic E-state index is -0.699. The number of hydrogen-bond donors (Lipinski definition) is 2. The molecule has 1 unspecified atom stereocenters. The third-order valence-electron chi connectivity index (χ3n) is 3.86. The van der Waals surface area contributed by atoms with Crippen molar-refractivity contribution in [1.29, 1.82) is 0 Å². The molecule has 3 nitrogen and oxygen atoms in total. The molecule has 0 spiro atoms. The van der Waals surface area contributed by atoms with Gasteiger partial charge >= 0.3 is 0 Å². The summed E-state index contributed by atoms with van der Waals surface area (Å²) in [4.78, 5) is 0. The Morgan fingerprint density at radius 3 is 2.74 bits per heavy atom. The van der Waals surface area contributed by atoms with Gasteiger partial charge in [-0.2, -0.15) is 0 Å². The normalized spacial score (nSPS) is 20.2. The number of nitrogens with one attached hydrogen (secondary N) is 1. The number of aryl methyl sites for hydroxylation is 1.